The number of halogens is 1. The number of benzene rings is 1. The maximum Gasteiger partial charge on any atom is 0.129 e. The predicted molar refractivity (Wildman–Crippen MR) is 84.1 cm³/mol. The van der Waals surface area contributed by atoms with Crippen LogP contribution in [0, 0.1) is 23.6 Å². The number of hydrogen-bond donors (Lipinski definition) is 2. The van der Waals surface area contributed by atoms with Gasteiger partial charge in [-0.2, -0.15) is 0 Å². The number of aliphatic hydroxyl groups is 1. The number of phenols is 1. The summed E-state index contributed by atoms with van der Waals surface area (Å²) in [6.07, 6.45) is 3.99. The van der Waals surface area contributed by atoms with Crippen molar-refractivity contribution in [1.29, 1.82) is 0 Å². The third-order valence-electron chi connectivity index (χ3n) is 5.83. The molecule has 0 aromatic heterocycles. The number of hydrogen-bond acceptors (Lipinski definition) is 3. The maximum atomic E-state index is 14.4. The summed E-state index contributed by atoms with van der Waals surface area (Å²) in [6.45, 7) is 3.76. The van der Waals surface area contributed by atoms with Gasteiger partial charge in [0, 0.05) is 18.0 Å². The smallest absolute Gasteiger partial charge is 0.129 e. The first-order chi connectivity index (χ1) is 10.4. The van der Waals surface area contributed by atoms with Crippen LogP contribution >= 0.6 is 0 Å². The van der Waals surface area contributed by atoms with Crippen LogP contribution in [0.15, 0.2) is 18.2 Å². The van der Waals surface area contributed by atoms with Crippen molar-refractivity contribution in [2.45, 2.75) is 38.2 Å². The van der Waals surface area contributed by atoms with Crippen molar-refractivity contribution in [2.75, 3.05) is 20.1 Å². The Morgan fingerprint density at radius 2 is 2.14 bits per heavy atom. The second-order valence-electron chi connectivity index (χ2n) is 7.19. The van der Waals surface area contributed by atoms with E-state index in [1.165, 1.54) is 18.2 Å². The van der Waals surface area contributed by atoms with Gasteiger partial charge in [-0.3, -0.25) is 0 Å². The predicted octanol–water partition coefficient (Wildman–Crippen LogP) is 3.11. The summed E-state index contributed by atoms with van der Waals surface area (Å²) < 4.78 is 14.4. The van der Waals surface area contributed by atoms with Crippen molar-refractivity contribution >= 4 is 0 Å². The second-order valence-corrected chi connectivity index (χ2v) is 7.19. The molecule has 0 saturated heterocycles. The van der Waals surface area contributed by atoms with Crippen LogP contribution in [0.25, 0.3) is 0 Å². The Labute approximate surface area is 131 Å². The number of fused-ring (bicyclic) bond motifs is 2. The van der Waals surface area contributed by atoms with Crippen molar-refractivity contribution in [3.05, 3.63) is 29.6 Å². The Balaban J connectivity index is 2.01. The summed E-state index contributed by atoms with van der Waals surface area (Å²) in [5, 5.41) is 21.2. The van der Waals surface area contributed by atoms with E-state index in [4.69, 9.17) is 0 Å². The SMILES string of the molecule is CCN(C)CC1C2CCC(C2)CC1(O)c1cc(O)ccc1F. The molecule has 2 aliphatic carbocycles. The first-order valence-corrected chi connectivity index (χ1v) is 8.34. The van der Waals surface area contributed by atoms with Crippen LogP contribution in [-0.4, -0.2) is 35.3 Å². The Morgan fingerprint density at radius 3 is 2.86 bits per heavy atom. The second kappa shape index (κ2) is 5.82. The minimum Gasteiger partial charge on any atom is -0.508 e. The average molecular weight is 307 g/mol. The first kappa shape index (κ1) is 15.8. The van der Waals surface area contributed by atoms with Crippen LogP contribution < -0.4 is 0 Å². The van der Waals surface area contributed by atoms with Crippen LogP contribution in [0.2, 0.25) is 0 Å². The molecule has 2 saturated carbocycles. The fraction of sp³-hybridized carbons (Fsp3) is 0.667. The minimum atomic E-state index is -1.17. The van der Waals surface area contributed by atoms with Gasteiger partial charge in [-0.25, -0.2) is 4.39 Å². The van der Waals surface area contributed by atoms with Gasteiger partial charge in [0.25, 0.3) is 0 Å². The zero-order valence-corrected chi connectivity index (χ0v) is 13.4. The van der Waals surface area contributed by atoms with Gasteiger partial charge in [0.1, 0.15) is 11.6 Å². The lowest BCUT2D eigenvalue weighted by Gasteiger charge is -2.45. The van der Waals surface area contributed by atoms with Gasteiger partial charge in [-0.05, 0) is 62.9 Å². The summed E-state index contributed by atoms with van der Waals surface area (Å²) in [7, 11) is 2.04. The Bertz CT molecular complexity index is 550. The quantitative estimate of drug-likeness (QED) is 0.898. The van der Waals surface area contributed by atoms with Gasteiger partial charge in [0.2, 0.25) is 0 Å². The number of aromatic hydroxyl groups is 1. The summed E-state index contributed by atoms with van der Waals surface area (Å²) in [6, 6.07) is 4.02. The van der Waals surface area contributed by atoms with E-state index in [1.807, 2.05) is 7.05 Å². The highest BCUT2D eigenvalue weighted by Gasteiger charge is 2.52. The molecule has 4 unspecified atom stereocenters. The lowest BCUT2D eigenvalue weighted by atomic mass is 9.65. The molecule has 0 aliphatic heterocycles. The Morgan fingerprint density at radius 1 is 1.36 bits per heavy atom. The molecular weight excluding hydrogens is 281 g/mol. The van der Waals surface area contributed by atoms with Gasteiger partial charge >= 0.3 is 0 Å². The van der Waals surface area contributed by atoms with Gasteiger partial charge < -0.3 is 15.1 Å². The highest BCUT2D eigenvalue weighted by Crippen LogP contribution is 2.54. The molecule has 2 N–H and O–H groups in total. The molecule has 2 aliphatic rings. The molecule has 3 nitrogen and oxygen atoms in total. The molecule has 3 rings (SSSR count). The molecule has 122 valence electrons. The summed E-state index contributed by atoms with van der Waals surface area (Å²) >= 11 is 0. The molecule has 4 heteroatoms. The Kier molecular flexibility index (Phi) is 4.17. The molecule has 2 fully saturated rings. The van der Waals surface area contributed by atoms with E-state index in [9.17, 15) is 14.6 Å². The lowest BCUT2D eigenvalue weighted by molar-refractivity contribution is -0.0926. The molecular formula is C18H26FNO2. The molecule has 0 spiro atoms. The topological polar surface area (TPSA) is 43.7 Å². The normalized spacial score (nSPS) is 34.3. The fourth-order valence-corrected chi connectivity index (χ4v) is 4.57. The van der Waals surface area contributed by atoms with Crippen LogP contribution in [0.4, 0.5) is 4.39 Å². The van der Waals surface area contributed by atoms with E-state index in [1.54, 1.807) is 0 Å². The third kappa shape index (κ3) is 2.63. The molecule has 22 heavy (non-hydrogen) atoms. The van der Waals surface area contributed by atoms with E-state index < -0.39 is 11.4 Å². The fourth-order valence-electron chi connectivity index (χ4n) is 4.57. The van der Waals surface area contributed by atoms with E-state index >= 15 is 0 Å². The van der Waals surface area contributed by atoms with Crippen LogP contribution in [0.3, 0.4) is 0 Å². The Hall–Kier alpha value is -1.13. The molecule has 0 radical (unpaired) electrons. The zero-order valence-electron chi connectivity index (χ0n) is 13.4. The van der Waals surface area contributed by atoms with Gasteiger partial charge in [-0.1, -0.05) is 13.3 Å². The summed E-state index contributed by atoms with van der Waals surface area (Å²) in [5.41, 5.74) is -0.894. The van der Waals surface area contributed by atoms with Gasteiger partial charge in [0.15, 0.2) is 0 Å². The van der Waals surface area contributed by atoms with Crippen LogP contribution in [0.1, 0.15) is 38.2 Å². The number of nitrogens with zero attached hydrogens (tertiary/aromatic N) is 1. The highest BCUT2D eigenvalue weighted by atomic mass is 19.1. The molecule has 0 amide bonds. The maximum absolute atomic E-state index is 14.4. The average Bonchev–Trinajstić information content (AvgIpc) is 2.89. The molecule has 2 bridgehead atoms. The summed E-state index contributed by atoms with van der Waals surface area (Å²) in [4.78, 5) is 2.19. The third-order valence-corrected chi connectivity index (χ3v) is 5.83. The van der Waals surface area contributed by atoms with E-state index in [-0.39, 0.29) is 17.2 Å². The summed E-state index contributed by atoms with van der Waals surface area (Å²) in [5.74, 6) is 0.544. The number of rotatable bonds is 4. The number of phenolic OH excluding ortho intramolecular Hbond substituents is 1. The van der Waals surface area contributed by atoms with Crippen LogP contribution in [0.5, 0.6) is 5.75 Å². The van der Waals surface area contributed by atoms with Crippen molar-refractivity contribution < 1.29 is 14.6 Å². The van der Waals surface area contributed by atoms with Gasteiger partial charge in [0.05, 0.1) is 5.60 Å². The van der Waals surface area contributed by atoms with Crippen molar-refractivity contribution in [3.8, 4) is 5.75 Å². The van der Waals surface area contributed by atoms with Crippen molar-refractivity contribution in [2.24, 2.45) is 17.8 Å². The van der Waals surface area contributed by atoms with Crippen molar-refractivity contribution in [1.82, 2.24) is 4.90 Å². The van der Waals surface area contributed by atoms with Crippen molar-refractivity contribution in [3.63, 3.8) is 0 Å². The zero-order chi connectivity index (χ0) is 15.9. The molecule has 4 atom stereocenters. The molecule has 1 aromatic carbocycles. The van der Waals surface area contributed by atoms with E-state index in [0.29, 0.717) is 18.3 Å². The molecule has 1 aromatic rings. The largest absolute Gasteiger partial charge is 0.508 e. The minimum absolute atomic E-state index is 0.0188. The first-order valence-electron chi connectivity index (χ1n) is 8.34. The lowest BCUT2D eigenvalue weighted by Crippen LogP contribution is -2.48. The van der Waals surface area contributed by atoms with Crippen LogP contribution in [-0.2, 0) is 5.60 Å². The standard InChI is InChI=1S/C18H26FNO2/c1-3-20(2)11-16-13-5-4-12(8-13)10-18(16,22)15-9-14(21)6-7-17(15)19/h6-7,9,12-13,16,21-22H,3-5,8,10-11H2,1-2H3. The molecule has 0 heterocycles. The van der Waals surface area contributed by atoms with E-state index in [2.05, 4.69) is 11.8 Å². The highest BCUT2D eigenvalue weighted by molar-refractivity contribution is 5.34. The monoisotopic (exact) mass is 307 g/mol. The van der Waals surface area contributed by atoms with E-state index in [0.717, 1.165) is 32.4 Å². The van der Waals surface area contributed by atoms with Gasteiger partial charge in [-0.15, -0.1) is 0 Å².